The average molecular weight is 471 g/mol. The molecular weight excluding hydrogens is 452 g/mol. The molecule has 2 aromatic rings. The largest absolute Gasteiger partial charge is 0.505 e. The van der Waals surface area contributed by atoms with Crippen molar-refractivity contribution in [2.24, 2.45) is 5.84 Å². The first-order chi connectivity index (χ1) is 15.8. The number of aromatic hydroxyl groups is 1. The smallest absolute Gasteiger partial charge is 0.278 e. The zero-order valence-corrected chi connectivity index (χ0v) is 18.0. The van der Waals surface area contributed by atoms with Crippen LogP contribution in [0.15, 0.2) is 53.3 Å². The van der Waals surface area contributed by atoms with Gasteiger partial charge in [0.25, 0.3) is 23.6 Å². The second-order valence-electron chi connectivity index (χ2n) is 7.29. The van der Waals surface area contributed by atoms with Gasteiger partial charge in [0.1, 0.15) is 22.1 Å². The Hall–Kier alpha value is -3.96. The lowest BCUT2D eigenvalue weighted by atomic mass is 10.1. The number of nitrogens with one attached hydrogen (secondary N) is 1. The molecule has 2 aliphatic heterocycles. The quantitative estimate of drug-likeness (QED) is 0.325. The van der Waals surface area contributed by atoms with E-state index < -0.39 is 28.5 Å². The molecule has 12 heteroatoms. The molecule has 1 fully saturated rings. The number of hydrogen-bond acceptors (Lipinski definition) is 8. The molecule has 4 rings (SSSR count). The van der Waals surface area contributed by atoms with Crippen LogP contribution in [0.4, 0.5) is 5.69 Å². The number of phenolic OH excluding ortho intramolecular Hbond substituents is 1. The van der Waals surface area contributed by atoms with E-state index in [1.165, 1.54) is 29.3 Å². The number of nitrogens with zero attached hydrogens (tertiary/aromatic N) is 4. The molecule has 0 radical (unpaired) electrons. The Morgan fingerprint density at radius 1 is 1.00 bits per heavy atom. The summed E-state index contributed by atoms with van der Waals surface area (Å²) >= 11 is 5.86. The number of aromatic nitrogens is 1. The van der Waals surface area contributed by atoms with Gasteiger partial charge in [0.05, 0.1) is 5.56 Å². The number of nitrogens with two attached hydrogens (primary N) is 1. The van der Waals surface area contributed by atoms with Crippen molar-refractivity contribution in [2.75, 3.05) is 31.2 Å². The molecule has 11 nitrogen and oxygen atoms in total. The predicted molar refractivity (Wildman–Crippen MR) is 117 cm³/mol. The minimum absolute atomic E-state index is 0.0473. The molecule has 0 unspecified atom stereocenters. The summed E-state index contributed by atoms with van der Waals surface area (Å²) in [4.78, 5) is 56.4. The molecule has 170 valence electrons. The lowest BCUT2D eigenvalue weighted by molar-refractivity contribution is -0.124. The first-order valence-corrected chi connectivity index (χ1v) is 10.3. The Labute approximate surface area is 193 Å². The van der Waals surface area contributed by atoms with Crippen molar-refractivity contribution in [3.05, 3.63) is 64.6 Å². The number of amides is 4. The number of carbonyl (C=O) groups excluding carboxylic acids is 4. The van der Waals surface area contributed by atoms with Crippen molar-refractivity contribution in [2.45, 2.75) is 0 Å². The number of carbonyl (C=O) groups is 4. The summed E-state index contributed by atoms with van der Waals surface area (Å²) in [5.41, 5.74) is -0.145. The molecule has 4 amide bonds. The zero-order valence-electron chi connectivity index (χ0n) is 17.2. The Bertz CT molecular complexity index is 1180. The van der Waals surface area contributed by atoms with E-state index in [0.29, 0.717) is 18.8 Å². The van der Waals surface area contributed by atoms with Gasteiger partial charge in [-0.05, 0) is 24.3 Å². The summed E-state index contributed by atoms with van der Waals surface area (Å²) in [6, 6.07) is 9.34. The Balaban J connectivity index is 1.49. The molecule has 0 spiro atoms. The highest BCUT2D eigenvalue weighted by Gasteiger charge is 2.35. The standard InChI is InChI=1S/C21H19ClN6O5/c22-15-16(19(31)25-18(15)30)28(23)14-6-3-4-12(17(14)29)20(32)26-8-10-27(11-9-26)21(33)13-5-1-2-7-24-13/h1-7,29H,8-11,23H2,(H,25,30,31). The fourth-order valence-electron chi connectivity index (χ4n) is 3.59. The SMILES string of the molecule is NN(C1=C(Cl)C(=O)NC1=O)c1cccc(C(=O)N2CCN(C(=O)c3ccccn3)CC2)c1O. The number of phenols is 1. The Kier molecular flexibility index (Phi) is 5.99. The maximum atomic E-state index is 13.1. The van der Waals surface area contributed by atoms with E-state index in [2.05, 4.69) is 4.98 Å². The number of anilines is 1. The van der Waals surface area contributed by atoms with Gasteiger partial charge in [-0.1, -0.05) is 23.7 Å². The minimum Gasteiger partial charge on any atom is -0.505 e. The molecule has 0 atom stereocenters. The van der Waals surface area contributed by atoms with E-state index in [9.17, 15) is 24.3 Å². The highest BCUT2D eigenvalue weighted by atomic mass is 35.5. The number of para-hydroxylation sites is 1. The maximum Gasteiger partial charge on any atom is 0.278 e. The van der Waals surface area contributed by atoms with Crippen LogP contribution in [0.2, 0.25) is 0 Å². The molecule has 0 saturated carbocycles. The predicted octanol–water partition coefficient (Wildman–Crippen LogP) is 0.172. The maximum absolute atomic E-state index is 13.1. The third-order valence-electron chi connectivity index (χ3n) is 5.33. The van der Waals surface area contributed by atoms with Gasteiger partial charge < -0.3 is 14.9 Å². The number of imide groups is 1. The van der Waals surface area contributed by atoms with Crippen LogP contribution in [0.1, 0.15) is 20.8 Å². The van der Waals surface area contributed by atoms with Crippen LogP contribution in [0.5, 0.6) is 5.75 Å². The number of hydrogen-bond donors (Lipinski definition) is 3. The van der Waals surface area contributed by atoms with Gasteiger partial charge in [-0.2, -0.15) is 0 Å². The average Bonchev–Trinajstić information content (AvgIpc) is 3.09. The van der Waals surface area contributed by atoms with Crippen molar-refractivity contribution in [1.29, 1.82) is 0 Å². The normalized spacial score (nSPS) is 16.2. The van der Waals surface area contributed by atoms with Gasteiger partial charge in [0.15, 0.2) is 5.75 Å². The molecule has 1 aromatic heterocycles. The van der Waals surface area contributed by atoms with Gasteiger partial charge in [-0.3, -0.25) is 34.5 Å². The van der Waals surface area contributed by atoms with E-state index in [0.717, 1.165) is 5.01 Å². The topological polar surface area (TPSA) is 149 Å². The van der Waals surface area contributed by atoms with E-state index in [4.69, 9.17) is 17.4 Å². The Morgan fingerprint density at radius 3 is 2.24 bits per heavy atom. The molecular formula is C21H19ClN6O5. The first-order valence-electron chi connectivity index (χ1n) is 9.91. The fourth-order valence-corrected chi connectivity index (χ4v) is 3.82. The van der Waals surface area contributed by atoms with E-state index >= 15 is 0 Å². The number of rotatable bonds is 4. The molecule has 1 aromatic carbocycles. The monoisotopic (exact) mass is 470 g/mol. The zero-order chi connectivity index (χ0) is 23.7. The van der Waals surface area contributed by atoms with Crippen LogP contribution >= 0.6 is 11.6 Å². The molecule has 0 bridgehead atoms. The summed E-state index contributed by atoms with van der Waals surface area (Å²) in [5.74, 6) is 3.15. The summed E-state index contributed by atoms with van der Waals surface area (Å²) in [6.07, 6.45) is 1.54. The van der Waals surface area contributed by atoms with Crippen LogP contribution < -0.4 is 16.2 Å². The van der Waals surface area contributed by atoms with E-state index in [1.54, 1.807) is 23.1 Å². The number of pyridine rings is 1. The van der Waals surface area contributed by atoms with Crippen molar-refractivity contribution in [3.63, 3.8) is 0 Å². The highest BCUT2D eigenvalue weighted by Crippen LogP contribution is 2.34. The molecule has 33 heavy (non-hydrogen) atoms. The second kappa shape index (κ2) is 8.88. The van der Waals surface area contributed by atoms with Gasteiger partial charge in [0, 0.05) is 32.4 Å². The van der Waals surface area contributed by atoms with Crippen LogP contribution in [-0.2, 0) is 9.59 Å². The van der Waals surface area contributed by atoms with E-state index in [-0.39, 0.29) is 35.9 Å². The molecule has 0 aliphatic carbocycles. The van der Waals surface area contributed by atoms with Gasteiger partial charge in [0.2, 0.25) is 0 Å². The van der Waals surface area contributed by atoms with Crippen molar-refractivity contribution in [3.8, 4) is 5.75 Å². The third kappa shape index (κ3) is 4.11. The van der Waals surface area contributed by atoms with E-state index in [1.807, 2.05) is 5.32 Å². The highest BCUT2D eigenvalue weighted by molar-refractivity contribution is 6.48. The first kappa shape index (κ1) is 22.2. The van der Waals surface area contributed by atoms with Crippen LogP contribution in [0.25, 0.3) is 0 Å². The van der Waals surface area contributed by atoms with Gasteiger partial charge in [-0.25, -0.2) is 5.84 Å². The van der Waals surface area contributed by atoms with Crippen LogP contribution in [0.3, 0.4) is 0 Å². The summed E-state index contributed by atoms with van der Waals surface area (Å²) in [6.45, 7) is 1.10. The van der Waals surface area contributed by atoms with Crippen molar-refractivity contribution < 1.29 is 24.3 Å². The van der Waals surface area contributed by atoms with Crippen molar-refractivity contribution in [1.82, 2.24) is 20.1 Å². The fraction of sp³-hybridized carbons (Fsp3) is 0.190. The molecule has 4 N–H and O–H groups in total. The minimum atomic E-state index is -0.822. The van der Waals surface area contributed by atoms with Crippen LogP contribution in [0, 0.1) is 0 Å². The number of halogens is 1. The van der Waals surface area contributed by atoms with Gasteiger partial charge in [-0.15, -0.1) is 0 Å². The molecule has 2 aliphatic rings. The summed E-state index contributed by atoms with van der Waals surface area (Å²) in [7, 11) is 0. The number of piperazine rings is 1. The Morgan fingerprint density at radius 2 is 1.67 bits per heavy atom. The summed E-state index contributed by atoms with van der Waals surface area (Å²) in [5, 5.41) is 13.1. The van der Waals surface area contributed by atoms with Crippen molar-refractivity contribution >= 4 is 40.9 Å². The molecule has 3 heterocycles. The number of benzene rings is 1. The number of hydrazine groups is 1. The lowest BCUT2D eigenvalue weighted by Crippen LogP contribution is -2.50. The summed E-state index contributed by atoms with van der Waals surface area (Å²) < 4.78 is 0. The van der Waals surface area contributed by atoms with Crippen LogP contribution in [-0.4, -0.2) is 69.7 Å². The second-order valence-corrected chi connectivity index (χ2v) is 7.67. The lowest BCUT2D eigenvalue weighted by Gasteiger charge is -2.35. The third-order valence-corrected chi connectivity index (χ3v) is 5.68. The molecule has 1 saturated heterocycles. The van der Waals surface area contributed by atoms with Gasteiger partial charge >= 0.3 is 0 Å².